The molecule has 2 fully saturated rings. The molecule has 0 bridgehead atoms. The zero-order valence-electron chi connectivity index (χ0n) is 12.4. The van der Waals surface area contributed by atoms with Crippen LogP contribution in [0.4, 0.5) is 11.5 Å². The summed E-state index contributed by atoms with van der Waals surface area (Å²) in [6.45, 7) is 6.13. The van der Waals surface area contributed by atoms with Gasteiger partial charge in [-0.3, -0.25) is 4.90 Å². The number of anilines is 2. The average Bonchev–Trinajstić information content (AvgIpc) is 3.33. The highest BCUT2D eigenvalue weighted by atomic mass is 16.5. The number of hydrogen-bond acceptors (Lipinski definition) is 6. The lowest BCUT2D eigenvalue weighted by Crippen LogP contribution is -2.47. The number of nitrogen functional groups attached to an aromatic ring is 1. The van der Waals surface area contributed by atoms with Crippen molar-refractivity contribution >= 4 is 17.5 Å². The predicted molar refractivity (Wildman–Crippen MR) is 81.4 cm³/mol. The van der Waals surface area contributed by atoms with Crippen LogP contribution in [-0.4, -0.2) is 54.7 Å². The van der Waals surface area contributed by atoms with Gasteiger partial charge in [0.25, 0.3) is 0 Å². The van der Waals surface area contributed by atoms with Crippen LogP contribution < -0.4 is 10.6 Å². The largest absolute Gasteiger partial charge is 0.462 e. The van der Waals surface area contributed by atoms with E-state index >= 15 is 0 Å². The molecule has 0 spiro atoms. The second-order valence-corrected chi connectivity index (χ2v) is 5.60. The van der Waals surface area contributed by atoms with E-state index in [1.165, 1.54) is 12.8 Å². The van der Waals surface area contributed by atoms with Crippen molar-refractivity contribution in [1.29, 1.82) is 0 Å². The second kappa shape index (κ2) is 5.89. The highest BCUT2D eigenvalue weighted by molar-refractivity contribution is 5.95. The number of rotatable bonds is 4. The summed E-state index contributed by atoms with van der Waals surface area (Å²) in [6, 6.07) is 2.56. The smallest absolute Gasteiger partial charge is 0.340 e. The van der Waals surface area contributed by atoms with Crippen molar-refractivity contribution in [3.05, 3.63) is 17.8 Å². The molecule has 6 heteroatoms. The molecule has 3 rings (SSSR count). The number of esters is 1. The van der Waals surface area contributed by atoms with E-state index < -0.39 is 0 Å². The molecule has 2 heterocycles. The molecule has 0 amide bonds. The molecule has 2 aliphatic rings. The lowest BCUT2D eigenvalue weighted by Gasteiger charge is -2.35. The molecule has 2 N–H and O–H groups in total. The van der Waals surface area contributed by atoms with Crippen molar-refractivity contribution in [2.75, 3.05) is 43.4 Å². The van der Waals surface area contributed by atoms with Crippen LogP contribution >= 0.6 is 0 Å². The molecule has 1 aromatic heterocycles. The first-order chi connectivity index (χ1) is 10.2. The van der Waals surface area contributed by atoms with E-state index in [-0.39, 0.29) is 5.97 Å². The Labute approximate surface area is 124 Å². The van der Waals surface area contributed by atoms with Crippen molar-refractivity contribution in [2.45, 2.75) is 25.8 Å². The van der Waals surface area contributed by atoms with E-state index in [1.54, 1.807) is 19.2 Å². The van der Waals surface area contributed by atoms with Crippen molar-refractivity contribution < 1.29 is 9.53 Å². The maximum absolute atomic E-state index is 11.9. The summed E-state index contributed by atoms with van der Waals surface area (Å²) >= 11 is 0. The molecule has 0 unspecified atom stereocenters. The molecule has 1 saturated carbocycles. The van der Waals surface area contributed by atoms with Crippen LogP contribution in [0.1, 0.15) is 30.1 Å². The molecule has 6 nitrogen and oxygen atoms in total. The molecule has 1 saturated heterocycles. The third-order valence-corrected chi connectivity index (χ3v) is 4.12. The van der Waals surface area contributed by atoms with Gasteiger partial charge in [0.05, 0.1) is 24.1 Å². The van der Waals surface area contributed by atoms with E-state index in [4.69, 9.17) is 10.5 Å². The Balaban J connectivity index is 1.70. The minimum atomic E-state index is -0.379. The van der Waals surface area contributed by atoms with Gasteiger partial charge in [-0.15, -0.1) is 0 Å². The standard InChI is InChI=1S/C15H22N4O2/c1-2-21-15(20)12-9-14(17-10-13(12)16)19-7-5-18(6-8-19)11-3-4-11/h9-11H,2-8,16H2,1H3. The number of ether oxygens (including phenoxy) is 1. The predicted octanol–water partition coefficient (Wildman–Crippen LogP) is 1.12. The molecule has 0 aromatic carbocycles. The van der Waals surface area contributed by atoms with Crippen LogP contribution in [0, 0.1) is 0 Å². The summed E-state index contributed by atoms with van der Waals surface area (Å²) in [5.74, 6) is 0.429. The Bertz CT molecular complexity index is 522. The van der Waals surface area contributed by atoms with Crippen molar-refractivity contribution in [1.82, 2.24) is 9.88 Å². The van der Waals surface area contributed by atoms with Crippen molar-refractivity contribution in [3.8, 4) is 0 Å². The number of pyridine rings is 1. The van der Waals surface area contributed by atoms with Gasteiger partial charge in [-0.1, -0.05) is 0 Å². The third-order valence-electron chi connectivity index (χ3n) is 4.12. The maximum atomic E-state index is 11.9. The van der Waals surface area contributed by atoms with Crippen LogP contribution in [0.15, 0.2) is 12.3 Å². The molecular formula is C15H22N4O2. The van der Waals surface area contributed by atoms with E-state index in [2.05, 4.69) is 14.8 Å². The first kappa shape index (κ1) is 14.1. The number of hydrogen-bond donors (Lipinski definition) is 1. The van der Waals surface area contributed by atoms with Crippen LogP contribution in [0.2, 0.25) is 0 Å². The fourth-order valence-electron chi connectivity index (χ4n) is 2.77. The minimum Gasteiger partial charge on any atom is -0.462 e. The molecular weight excluding hydrogens is 268 g/mol. The van der Waals surface area contributed by atoms with Crippen molar-refractivity contribution in [2.24, 2.45) is 0 Å². The topological polar surface area (TPSA) is 71.7 Å². The minimum absolute atomic E-state index is 0.343. The maximum Gasteiger partial charge on any atom is 0.340 e. The number of aromatic nitrogens is 1. The zero-order valence-corrected chi connectivity index (χ0v) is 12.4. The molecule has 114 valence electrons. The highest BCUT2D eigenvalue weighted by Gasteiger charge is 2.31. The van der Waals surface area contributed by atoms with Crippen LogP contribution in [0.5, 0.6) is 0 Å². The quantitative estimate of drug-likeness (QED) is 0.838. The van der Waals surface area contributed by atoms with E-state index in [0.29, 0.717) is 17.9 Å². The first-order valence-electron chi connectivity index (χ1n) is 7.60. The lowest BCUT2D eigenvalue weighted by atomic mass is 10.2. The van der Waals surface area contributed by atoms with Gasteiger partial charge < -0.3 is 15.4 Å². The van der Waals surface area contributed by atoms with Gasteiger partial charge in [0.1, 0.15) is 5.82 Å². The van der Waals surface area contributed by atoms with Gasteiger partial charge in [0, 0.05) is 32.2 Å². The highest BCUT2D eigenvalue weighted by Crippen LogP contribution is 2.28. The fraction of sp³-hybridized carbons (Fsp3) is 0.600. The Morgan fingerprint density at radius 1 is 1.38 bits per heavy atom. The molecule has 1 aliphatic heterocycles. The van der Waals surface area contributed by atoms with Gasteiger partial charge in [0.2, 0.25) is 0 Å². The van der Waals surface area contributed by atoms with Crippen LogP contribution in [0.25, 0.3) is 0 Å². The normalized spacial score (nSPS) is 19.6. The van der Waals surface area contributed by atoms with Gasteiger partial charge in [-0.05, 0) is 25.8 Å². The Hall–Kier alpha value is -1.82. The van der Waals surface area contributed by atoms with E-state index in [9.17, 15) is 4.79 Å². The SMILES string of the molecule is CCOC(=O)c1cc(N2CCN(C3CC3)CC2)ncc1N. The number of nitrogens with two attached hydrogens (primary N) is 1. The molecule has 1 aliphatic carbocycles. The number of carbonyl (C=O) groups is 1. The molecule has 0 atom stereocenters. The summed E-state index contributed by atoms with van der Waals surface area (Å²) in [4.78, 5) is 21.0. The van der Waals surface area contributed by atoms with Crippen LogP contribution in [0.3, 0.4) is 0 Å². The van der Waals surface area contributed by atoms with Crippen LogP contribution in [-0.2, 0) is 4.74 Å². The zero-order chi connectivity index (χ0) is 14.8. The number of nitrogens with zero attached hydrogens (tertiary/aromatic N) is 3. The summed E-state index contributed by atoms with van der Waals surface area (Å²) < 4.78 is 5.03. The average molecular weight is 290 g/mol. The van der Waals surface area contributed by atoms with Gasteiger partial charge in [-0.2, -0.15) is 0 Å². The molecule has 21 heavy (non-hydrogen) atoms. The Morgan fingerprint density at radius 3 is 2.71 bits per heavy atom. The van der Waals surface area contributed by atoms with E-state index in [0.717, 1.165) is 38.0 Å². The van der Waals surface area contributed by atoms with Gasteiger partial charge in [0.15, 0.2) is 0 Å². The summed E-state index contributed by atoms with van der Waals surface area (Å²) in [5, 5.41) is 0. The number of piperazine rings is 1. The second-order valence-electron chi connectivity index (χ2n) is 5.60. The monoisotopic (exact) mass is 290 g/mol. The summed E-state index contributed by atoms with van der Waals surface area (Å²) in [7, 11) is 0. The van der Waals surface area contributed by atoms with Gasteiger partial charge in [-0.25, -0.2) is 9.78 Å². The van der Waals surface area contributed by atoms with Crippen molar-refractivity contribution in [3.63, 3.8) is 0 Å². The van der Waals surface area contributed by atoms with Gasteiger partial charge >= 0.3 is 5.97 Å². The fourth-order valence-corrected chi connectivity index (χ4v) is 2.77. The lowest BCUT2D eigenvalue weighted by molar-refractivity contribution is 0.0527. The number of carbonyl (C=O) groups excluding carboxylic acids is 1. The summed E-state index contributed by atoms with van der Waals surface area (Å²) in [6.07, 6.45) is 4.23. The Kier molecular flexibility index (Phi) is 3.96. The Morgan fingerprint density at radius 2 is 2.10 bits per heavy atom. The van der Waals surface area contributed by atoms with E-state index in [1.807, 2.05) is 0 Å². The molecule has 1 aromatic rings. The third kappa shape index (κ3) is 3.10. The first-order valence-corrected chi connectivity index (χ1v) is 7.60. The summed E-state index contributed by atoms with van der Waals surface area (Å²) in [5.41, 5.74) is 6.61. The molecule has 0 radical (unpaired) electrons.